The van der Waals surface area contributed by atoms with E-state index in [0.717, 1.165) is 23.3 Å². The molecule has 120 valence electrons. The molecule has 0 aromatic heterocycles. The lowest BCUT2D eigenvalue weighted by atomic mass is 9.90. The third-order valence-corrected chi connectivity index (χ3v) is 4.18. The van der Waals surface area contributed by atoms with E-state index in [1.165, 1.54) is 14.2 Å². The average Bonchev–Trinajstić information content (AvgIpc) is 3.41. The van der Waals surface area contributed by atoms with E-state index in [1.807, 2.05) is 30.3 Å². The number of carbonyl (C=O) groups is 3. The van der Waals surface area contributed by atoms with Crippen LogP contribution in [-0.2, 0) is 14.3 Å². The summed E-state index contributed by atoms with van der Waals surface area (Å²) in [6, 6.07) is 8.09. The van der Waals surface area contributed by atoms with Crippen molar-refractivity contribution in [2.45, 2.75) is 18.9 Å². The topological polar surface area (TPSA) is 75.7 Å². The number of amides is 2. The van der Waals surface area contributed by atoms with E-state index in [1.54, 1.807) is 0 Å². The van der Waals surface area contributed by atoms with Crippen molar-refractivity contribution in [2.24, 2.45) is 5.92 Å². The predicted octanol–water partition coefficient (Wildman–Crippen LogP) is 1.79. The van der Waals surface area contributed by atoms with Gasteiger partial charge < -0.3 is 10.1 Å². The number of methoxy groups -OCH3 is 1. The Morgan fingerprint density at radius 2 is 1.87 bits per heavy atom. The molecule has 1 fully saturated rings. The van der Waals surface area contributed by atoms with E-state index < -0.39 is 18.0 Å². The molecule has 1 aliphatic heterocycles. The van der Waals surface area contributed by atoms with Crippen molar-refractivity contribution in [3.8, 4) is 0 Å². The van der Waals surface area contributed by atoms with Crippen LogP contribution in [0.1, 0.15) is 24.4 Å². The van der Waals surface area contributed by atoms with Crippen molar-refractivity contribution in [3.63, 3.8) is 0 Å². The second-order valence-corrected chi connectivity index (χ2v) is 5.74. The molecule has 1 heterocycles. The minimum Gasteiger partial charge on any atom is -0.464 e. The second kappa shape index (κ2) is 5.87. The zero-order valence-corrected chi connectivity index (χ0v) is 13.0. The van der Waals surface area contributed by atoms with Gasteiger partial charge in [0, 0.05) is 13.0 Å². The summed E-state index contributed by atoms with van der Waals surface area (Å²) < 4.78 is 4.80. The van der Waals surface area contributed by atoms with Gasteiger partial charge in [0.05, 0.1) is 18.7 Å². The van der Waals surface area contributed by atoms with Crippen molar-refractivity contribution in [2.75, 3.05) is 14.2 Å². The second-order valence-electron chi connectivity index (χ2n) is 5.74. The number of benzene rings is 1. The summed E-state index contributed by atoms with van der Waals surface area (Å²) in [5.74, 6) is -0.836. The number of ketones is 1. The number of likely N-dealkylation sites (N-methyl/N-ethyl adjacent to an activating group) is 1. The molecule has 0 radical (unpaired) electrons. The Labute approximate surface area is 134 Å². The van der Waals surface area contributed by atoms with Gasteiger partial charge >= 0.3 is 12.0 Å². The summed E-state index contributed by atoms with van der Waals surface area (Å²) in [5.41, 5.74) is 1.11. The molecule has 6 nitrogen and oxygen atoms in total. The summed E-state index contributed by atoms with van der Waals surface area (Å²) in [6.07, 6.45) is 1.63. The van der Waals surface area contributed by atoms with Crippen LogP contribution in [0.4, 0.5) is 4.79 Å². The first-order valence-electron chi connectivity index (χ1n) is 7.50. The number of esters is 1. The Morgan fingerprint density at radius 1 is 1.22 bits per heavy atom. The van der Waals surface area contributed by atoms with E-state index in [4.69, 9.17) is 4.74 Å². The first-order valence-corrected chi connectivity index (χ1v) is 7.50. The van der Waals surface area contributed by atoms with Crippen LogP contribution in [0.3, 0.4) is 0 Å². The van der Waals surface area contributed by atoms with Crippen LogP contribution in [-0.4, -0.2) is 36.8 Å². The molecule has 1 saturated carbocycles. The molecule has 2 amide bonds. The van der Waals surface area contributed by atoms with Gasteiger partial charge in [-0.2, -0.15) is 0 Å². The monoisotopic (exact) mass is 314 g/mol. The van der Waals surface area contributed by atoms with Crippen LogP contribution >= 0.6 is 0 Å². The number of nitrogens with zero attached hydrogens (tertiary/aromatic N) is 1. The third-order valence-electron chi connectivity index (χ3n) is 4.18. The highest BCUT2D eigenvalue weighted by Crippen LogP contribution is 2.39. The molecule has 1 atom stereocenters. The fraction of sp³-hybridized carbons (Fsp3) is 0.353. The highest BCUT2D eigenvalue weighted by molar-refractivity contribution is 6.09. The molecule has 0 spiro atoms. The number of carbonyl (C=O) groups excluding carboxylic acids is 3. The van der Waals surface area contributed by atoms with Gasteiger partial charge in [-0.3, -0.25) is 9.69 Å². The highest BCUT2D eigenvalue weighted by atomic mass is 16.5. The summed E-state index contributed by atoms with van der Waals surface area (Å²) >= 11 is 0. The minimum atomic E-state index is -0.674. The Hall–Kier alpha value is -2.63. The third kappa shape index (κ3) is 2.72. The number of hydrogen-bond acceptors (Lipinski definition) is 4. The molecule has 23 heavy (non-hydrogen) atoms. The average molecular weight is 314 g/mol. The van der Waals surface area contributed by atoms with Crippen molar-refractivity contribution in [1.29, 1.82) is 0 Å². The fourth-order valence-corrected chi connectivity index (χ4v) is 2.77. The standard InChI is InChI=1S/C17H18N2O4/c1-19-14(16(21)23-2)12(15(20)11-8-9-11)13(18-17(19)22)10-6-4-3-5-7-10/h3-7,11,13H,8-9H2,1-2H3,(H,18,22)/t13-/m0/s1. The SMILES string of the molecule is COC(=O)C1=C(C(=O)C2CC2)[C@H](c2ccccc2)NC(=O)N1C. The van der Waals surface area contributed by atoms with Gasteiger partial charge in [0.2, 0.25) is 0 Å². The van der Waals surface area contributed by atoms with Crippen molar-refractivity contribution >= 4 is 17.8 Å². The van der Waals surface area contributed by atoms with Crippen LogP contribution in [0.5, 0.6) is 0 Å². The zero-order valence-electron chi connectivity index (χ0n) is 13.0. The van der Waals surface area contributed by atoms with Crippen LogP contribution in [0.2, 0.25) is 0 Å². The Kier molecular flexibility index (Phi) is 3.90. The summed E-state index contributed by atoms with van der Waals surface area (Å²) in [7, 11) is 2.70. The van der Waals surface area contributed by atoms with E-state index >= 15 is 0 Å². The lowest BCUT2D eigenvalue weighted by Crippen LogP contribution is -2.48. The number of Topliss-reactive ketones (excluding diaryl/α,β-unsaturated/α-hetero) is 1. The number of urea groups is 1. The van der Waals surface area contributed by atoms with Gasteiger partial charge in [-0.15, -0.1) is 0 Å². The number of rotatable bonds is 4. The molecule has 0 unspecified atom stereocenters. The van der Waals surface area contributed by atoms with Gasteiger partial charge in [-0.25, -0.2) is 9.59 Å². The largest absolute Gasteiger partial charge is 0.464 e. The van der Waals surface area contributed by atoms with E-state index in [-0.39, 0.29) is 17.4 Å². The number of nitrogens with one attached hydrogen (secondary N) is 1. The van der Waals surface area contributed by atoms with Gasteiger partial charge in [0.25, 0.3) is 0 Å². The molecule has 0 bridgehead atoms. The first-order chi connectivity index (χ1) is 11.0. The summed E-state index contributed by atoms with van der Waals surface area (Å²) in [5, 5.41) is 2.81. The Morgan fingerprint density at radius 3 is 2.43 bits per heavy atom. The molecule has 1 aromatic rings. The molecule has 1 aliphatic carbocycles. The smallest absolute Gasteiger partial charge is 0.355 e. The van der Waals surface area contributed by atoms with Crippen molar-refractivity contribution < 1.29 is 19.1 Å². The van der Waals surface area contributed by atoms with Gasteiger partial charge in [0.1, 0.15) is 5.70 Å². The van der Waals surface area contributed by atoms with Crippen molar-refractivity contribution in [1.82, 2.24) is 10.2 Å². The maximum atomic E-state index is 12.8. The first kappa shape index (κ1) is 15.3. The van der Waals surface area contributed by atoms with Crippen LogP contribution in [0.25, 0.3) is 0 Å². The van der Waals surface area contributed by atoms with E-state index in [2.05, 4.69) is 5.32 Å². The fourth-order valence-electron chi connectivity index (χ4n) is 2.77. The quantitative estimate of drug-likeness (QED) is 0.860. The van der Waals surface area contributed by atoms with Crippen molar-refractivity contribution in [3.05, 3.63) is 47.2 Å². The van der Waals surface area contributed by atoms with Crippen LogP contribution < -0.4 is 5.32 Å². The van der Waals surface area contributed by atoms with E-state index in [9.17, 15) is 14.4 Å². The normalized spacial score (nSPS) is 21.0. The lowest BCUT2D eigenvalue weighted by molar-refractivity contribution is -0.138. The molecular formula is C17H18N2O4. The van der Waals surface area contributed by atoms with Gasteiger partial charge in [-0.05, 0) is 18.4 Å². The molecule has 6 heteroatoms. The maximum absolute atomic E-state index is 12.8. The van der Waals surface area contributed by atoms with E-state index in [0.29, 0.717) is 5.57 Å². The highest BCUT2D eigenvalue weighted by Gasteiger charge is 2.43. The lowest BCUT2D eigenvalue weighted by Gasteiger charge is -2.33. The summed E-state index contributed by atoms with van der Waals surface area (Å²) in [6.45, 7) is 0. The van der Waals surface area contributed by atoms with Gasteiger partial charge in [-0.1, -0.05) is 30.3 Å². The number of ether oxygens (including phenoxy) is 1. The van der Waals surface area contributed by atoms with Crippen LogP contribution in [0.15, 0.2) is 41.6 Å². The summed E-state index contributed by atoms with van der Waals surface area (Å²) in [4.78, 5) is 38.4. The maximum Gasteiger partial charge on any atom is 0.355 e. The zero-order chi connectivity index (χ0) is 16.6. The molecule has 3 rings (SSSR count). The predicted molar refractivity (Wildman–Crippen MR) is 82.3 cm³/mol. The molecule has 0 saturated heterocycles. The van der Waals surface area contributed by atoms with Gasteiger partial charge in [0.15, 0.2) is 5.78 Å². The van der Waals surface area contributed by atoms with Crippen LogP contribution in [0, 0.1) is 5.92 Å². The molecular weight excluding hydrogens is 296 g/mol. The molecule has 1 aromatic carbocycles. The Bertz CT molecular complexity index is 692. The number of hydrogen-bond donors (Lipinski definition) is 1. The molecule has 1 N–H and O–H groups in total. The Balaban J connectivity index is 2.16. The minimum absolute atomic E-state index is 0.0296. The molecule has 2 aliphatic rings.